The molecule has 0 aromatic rings. The fourth-order valence-corrected chi connectivity index (χ4v) is 3.90. The highest BCUT2D eigenvalue weighted by atomic mass is 16.2. The van der Waals surface area contributed by atoms with E-state index >= 15 is 0 Å². The standard InChI is InChI=1S/C12H22N2O/c1-10(2)11(3,4)12(10)5-7-14(8-6-12)9(13)15/h5-8H2,1-4H3,(H2,13,15). The summed E-state index contributed by atoms with van der Waals surface area (Å²) in [5.41, 5.74) is 6.55. The van der Waals surface area contributed by atoms with E-state index in [0.29, 0.717) is 16.2 Å². The first-order valence-electron chi connectivity index (χ1n) is 5.81. The average Bonchev–Trinajstić information content (AvgIpc) is 2.46. The van der Waals surface area contributed by atoms with Gasteiger partial charge in [-0.25, -0.2) is 4.79 Å². The van der Waals surface area contributed by atoms with Crippen molar-refractivity contribution in [1.82, 2.24) is 4.90 Å². The number of primary amides is 1. The van der Waals surface area contributed by atoms with Gasteiger partial charge in [-0.1, -0.05) is 27.7 Å². The second kappa shape index (κ2) is 2.69. The maximum absolute atomic E-state index is 11.1. The van der Waals surface area contributed by atoms with E-state index in [1.807, 2.05) is 0 Å². The van der Waals surface area contributed by atoms with Crippen LogP contribution in [0.25, 0.3) is 0 Å². The minimum atomic E-state index is -0.263. The molecular formula is C12H22N2O. The van der Waals surface area contributed by atoms with Gasteiger partial charge in [-0.05, 0) is 29.1 Å². The van der Waals surface area contributed by atoms with Crippen LogP contribution in [0.3, 0.4) is 0 Å². The Bertz CT molecular complexity index is 283. The van der Waals surface area contributed by atoms with E-state index < -0.39 is 0 Å². The van der Waals surface area contributed by atoms with E-state index in [-0.39, 0.29) is 6.03 Å². The Kier molecular flexibility index (Phi) is 1.93. The third-order valence-corrected chi connectivity index (χ3v) is 5.82. The highest BCUT2D eigenvalue weighted by Gasteiger charge is 2.76. The van der Waals surface area contributed by atoms with Crippen LogP contribution in [-0.4, -0.2) is 24.0 Å². The molecule has 0 radical (unpaired) electrons. The van der Waals surface area contributed by atoms with Gasteiger partial charge in [0.2, 0.25) is 0 Å². The van der Waals surface area contributed by atoms with E-state index in [1.54, 1.807) is 4.90 Å². The predicted octanol–water partition coefficient (Wildman–Crippen LogP) is 2.21. The SMILES string of the molecule is CC1(C)C(C)(C)C12CCN(C(N)=O)CC2. The zero-order chi connectivity index (χ0) is 11.5. The van der Waals surface area contributed by atoms with Gasteiger partial charge >= 0.3 is 6.03 Å². The van der Waals surface area contributed by atoms with Crippen LogP contribution < -0.4 is 5.73 Å². The molecular weight excluding hydrogens is 188 g/mol. The lowest BCUT2D eigenvalue weighted by Crippen LogP contribution is -2.43. The Morgan fingerprint density at radius 3 is 1.73 bits per heavy atom. The highest BCUT2D eigenvalue weighted by Crippen LogP contribution is 2.81. The molecule has 3 nitrogen and oxygen atoms in total. The summed E-state index contributed by atoms with van der Waals surface area (Å²) in [5.74, 6) is 0. The fourth-order valence-electron chi connectivity index (χ4n) is 3.90. The Labute approximate surface area is 92.0 Å². The molecule has 1 aliphatic carbocycles. The van der Waals surface area contributed by atoms with Crippen LogP contribution in [0.5, 0.6) is 0 Å². The summed E-state index contributed by atoms with van der Waals surface area (Å²) in [7, 11) is 0. The van der Waals surface area contributed by atoms with E-state index in [0.717, 1.165) is 25.9 Å². The molecule has 1 aliphatic heterocycles. The number of hydrogen-bond acceptors (Lipinski definition) is 1. The van der Waals surface area contributed by atoms with Crippen molar-refractivity contribution in [2.24, 2.45) is 22.0 Å². The lowest BCUT2D eigenvalue weighted by molar-refractivity contribution is 0.150. The average molecular weight is 210 g/mol. The lowest BCUT2D eigenvalue weighted by atomic mass is 9.84. The van der Waals surface area contributed by atoms with Gasteiger partial charge in [0.05, 0.1) is 0 Å². The number of urea groups is 1. The van der Waals surface area contributed by atoms with E-state index in [9.17, 15) is 4.79 Å². The van der Waals surface area contributed by atoms with Crippen LogP contribution in [0, 0.1) is 16.2 Å². The van der Waals surface area contributed by atoms with Crippen LogP contribution in [-0.2, 0) is 0 Å². The number of hydrogen-bond donors (Lipinski definition) is 1. The number of amides is 2. The number of nitrogens with two attached hydrogens (primary N) is 1. The maximum atomic E-state index is 11.1. The fraction of sp³-hybridized carbons (Fsp3) is 0.917. The van der Waals surface area contributed by atoms with Crippen molar-refractivity contribution in [2.45, 2.75) is 40.5 Å². The molecule has 0 atom stereocenters. The molecule has 2 aliphatic rings. The summed E-state index contributed by atoms with van der Waals surface area (Å²) in [6, 6.07) is -0.263. The van der Waals surface area contributed by atoms with E-state index in [4.69, 9.17) is 5.73 Å². The molecule has 2 rings (SSSR count). The molecule has 2 amide bonds. The van der Waals surface area contributed by atoms with Crippen LogP contribution in [0.4, 0.5) is 4.79 Å². The second-order valence-corrected chi connectivity index (χ2v) is 6.16. The molecule has 0 aromatic heterocycles. The minimum Gasteiger partial charge on any atom is -0.351 e. The Morgan fingerprint density at radius 1 is 1.07 bits per heavy atom. The van der Waals surface area contributed by atoms with Crippen molar-refractivity contribution in [3.63, 3.8) is 0 Å². The number of carbonyl (C=O) groups is 1. The molecule has 15 heavy (non-hydrogen) atoms. The molecule has 3 heteroatoms. The highest BCUT2D eigenvalue weighted by molar-refractivity contribution is 5.72. The lowest BCUT2D eigenvalue weighted by Gasteiger charge is -2.34. The van der Waals surface area contributed by atoms with Crippen LogP contribution in [0.1, 0.15) is 40.5 Å². The molecule has 1 saturated carbocycles. The van der Waals surface area contributed by atoms with Gasteiger partial charge < -0.3 is 10.6 Å². The van der Waals surface area contributed by atoms with Gasteiger partial charge in [0.25, 0.3) is 0 Å². The summed E-state index contributed by atoms with van der Waals surface area (Å²) in [5, 5.41) is 0. The van der Waals surface area contributed by atoms with Crippen molar-refractivity contribution < 1.29 is 4.79 Å². The third-order valence-electron chi connectivity index (χ3n) is 5.82. The van der Waals surface area contributed by atoms with Gasteiger partial charge in [-0.2, -0.15) is 0 Å². The minimum absolute atomic E-state index is 0.263. The maximum Gasteiger partial charge on any atom is 0.314 e. The zero-order valence-electron chi connectivity index (χ0n) is 10.3. The van der Waals surface area contributed by atoms with Crippen molar-refractivity contribution >= 4 is 6.03 Å². The first-order valence-corrected chi connectivity index (χ1v) is 5.81. The molecule has 1 saturated heterocycles. The van der Waals surface area contributed by atoms with Gasteiger partial charge in [-0.15, -0.1) is 0 Å². The molecule has 1 heterocycles. The van der Waals surface area contributed by atoms with Crippen molar-refractivity contribution in [2.75, 3.05) is 13.1 Å². The Hall–Kier alpha value is -0.730. The van der Waals surface area contributed by atoms with Gasteiger partial charge in [0.1, 0.15) is 0 Å². The van der Waals surface area contributed by atoms with Crippen LogP contribution in [0.15, 0.2) is 0 Å². The van der Waals surface area contributed by atoms with Crippen molar-refractivity contribution in [3.05, 3.63) is 0 Å². The molecule has 86 valence electrons. The predicted molar refractivity (Wildman–Crippen MR) is 60.4 cm³/mol. The zero-order valence-corrected chi connectivity index (χ0v) is 10.3. The summed E-state index contributed by atoms with van der Waals surface area (Å²) >= 11 is 0. The van der Waals surface area contributed by atoms with Gasteiger partial charge in [0.15, 0.2) is 0 Å². The van der Waals surface area contributed by atoms with Crippen molar-refractivity contribution in [3.8, 4) is 0 Å². The van der Waals surface area contributed by atoms with Crippen molar-refractivity contribution in [1.29, 1.82) is 0 Å². The largest absolute Gasteiger partial charge is 0.351 e. The smallest absolute Gasteiger partial charge is 0.314 e. The Balaban J connectivity index is 2.10. The van der Waals surface area contributed by atoms with Crippen LogP contribution >= 0.6 is 0 Å². The molecule has 2 fully saturated rings. The molecule has 0 unspecified atom stereocenters. The number of nitrogens with zero attached hydrogens (tertiary/aromatic N) is 1. The topological polar surface area (TPSA) is 46.3 Å². The summed E-state index contributed by atoms with van der Waals surface area (Å²) in [6.07, 6.45) is 2.21. The van der Waals surface area contributed by atoms with Crippen LogP contribution in [0.2, 0.25) is 0 Å². The normalized spacial score (nSPS) is 30.3. The third kappa shape index (κ3) is 1.04. The van der Waals surface area contributed by atoms with E-state index in [1.165, 1.54) is 0 Å². The summed E-state index contributed by atoms with van der Waals surface area (Å²) in [4.78, 5) is 12.8. The molecule has 2 N–H and O–H groups in total. The van der Waals surface area contributed by atoms with Gasteiger partial charge in [0, 0.05) is 13.1 Å². The molecule has 0 aromatic carbocycles. The summed E-state index contributed by atoms with van der Waals surface area (Å²) in [6.45, 7) is 11.1. The first kappa shape index (κ1) is 10.8. The number of carbonyl (C=O) groups excluding carboxylic acids is 1. The molecule has 1 spiro atoms. The van der Waals surface area contributed by atoms with Gasteiger partial charge in [-0.3, -0.25) is 0 Å². The number of piperidine rings is 1. The number of likely N-dealkylation sites (tertiary alicyclic amines) is 1. The molecule has 0 bridgehead atoms. The second-order valence-electron chi connectivity index (χ2n) is 6.16. The Morgan fingerprint density at radius 2 is 1.47 bits per heavy atom. The number of rotatable bonds is 0. The summed E-state index contributed by atoms with van der Waals surface area (Å²) < 4.78 is 0. The monoisotopic (exact) mass is 210 g/mol. The quantitative estimate of drug-likeness (QED) is 0.654. The van der Waals surface area contributed by atoms with E-state index in [2.05, 4.69) is 27.7 Å². The first-order chi connectivity index (χ1) is 6.76.